The van der Waals surface area contributed by atoms with Crippen molar-refractivity contribution in [1.82, 2.24) is 0 Å². The summed E-state index contributed by atoms with van der Waals surface area (Å²) >= 11 is 0. The van der Waals surface area contributed by atoms with Gasteiger partial charge in [-0.3, -0.25) is 0 Å². The van der Waals surface area contributed by atoms with Crippen LogP contribution >= 0.6 is 0 Å². The predicted molar refractivity (Wildman–Crippen MR) is 80.1 cm³/mol. The Hall–Kier alpha value is -2.37. The normalized spacial score (nSPS) is 16.6. The first-order valence-corrected chi connectivity index (χ1v) is 7.10. The molecule has 6 heteroatoms. The van der Waals surface area contributed by atoms with E-state index in [0.29, 0.717) is 0 Å². The maximum atomic E-state index is 14.1. The second kappa shape index (κ2) is 5.37. The Morgan fingerprint density at radius 3 is 1.87 bits per heavy atom. The maximum Gasteiger partial charge on any atom is 0.245 e. The number of benzene rings is 2. The fourth-order valence-corrected chi connectivity index (χ4v) is 2.81. The molecule has 2 aromatic rings. The van der Waals surface area contributed by atoms with E-state index in [1.54, 1.807) is 13.8 Å². The molecule has 1 aliphatic rings. The highest BCUT2D eigenvalue weighted by molar-refractivity contribution is 5.79. The van der Waals surface area contributed by atoms with E-state index in [0.717, 1.165) is 24.3 Å². The molecule has 1 aliphatic heterocycles. The van der Waals surface area contributed by atoms with E-state index < -0.39 is 28.8 Å². The van der Waals surface area contributed by atoms with Crippen molar-refractivity contribution in [2.24, 2.45) is 0 Å². The summed E-state index contributed by atoms with van der Waals surface area (Å²) in [4.78, 5) is 1.33. The largest absolute Gasteiger partial charge is 0.245 e. The van der Waals surface area contributed by atoms with Gasteiger partial charge in [0.1, 0.15) is 12.1 Å². The molecular formula is C17H15F4N2+. The van der Waals surface area contributed by atoms with Crippen LogP contribution in [0.4, 0.5) is 28.9 Å². The Morgan fingerprint density at radius 1 is 0.870 bits per heavy atom. The van der Waals surface area contributed by atoms with E-state index in [9.17, 15) is 17.6 Å². The first kappa shape index (κ1) is 15.5. The minimum Gasteiger partial charge on any atom is -0.224 e. The fraction of sp³-hybridized carbons (Fsp3) is 0.235. The molecule has 0 atom stereocenters. The van der Waals surface area contributed by atoms with Crippen molar-refractivity contribution in [3.63, 3.8) is 0 Å². The van der Waals surface area contributed by atoms with Gasteiger partial charge in [0.25, 0.3) is 0 Å². The molecule has 0 aromatic heterocycles. The molecule has 2 aromatic carbocycles. The topological polar surface area (TPSA) is 6.25 Å². The summed E-state index contributed by atoms with van der Waals surface area (Å²) in [6.45, 7) is 3.67. The van der Waals surface area contributed by atoms with Crippen LogP contribution < -0.4 is 4.90 Å². The van der Waals surface area contributed by atoms with Gasteiger partial charge in [-0.1, -0.05) is 12.1 Å². The van der Waals surface area contributed by atoms with Crippen LogP contribution in [-0.4, -0.2) is 23.0 Å². The zero-order chi connectivity index (χ0) is 16.8. The molecule has 3 rings (SSSR count). The monoisotopic (exact) mass is 323 g/mol. The molecule has 0 saturated carbocycles. The molecule has 0 amide bonds. The molecule has 0 aliphatic carbocycles. The van der Waals surface area contributed by atoms with E-state index >= 15 is 0 Å². The van der Waals surface area contributed by atoms with Gasteiger partial charge in [0.15, 0.2) is 34.6 Å². The minimum atomic E-state index is -0.752. The van der Waals surface area contributed by atoms with Crippen LogP contribution in [0.25, 0.3) is 0 Å². The number of nitrogens with zero attached hydrogens (tertiary/aromatic N) is 2. The zero-order valence-electron chi connectivity index (χ0n) is 12.7. The van der Waals surface area contributed by atoms with Crippen LogP contribution in [0.15, 0.2) is 36.4 Å². The summed E-state index contributed by atoms with van der Waals surface area (Å²) in [5, 5.41) is 0. The average Bonchev–Trinajstić information content (AvgIpc) is 2.74. The SMILES string of the molecule is CC1(C)CN(c2c(F)cccc2F)C=[N+]1c1c(F)cccc1F. The number of halogens is 4. The molecule has 0 radical (unpaired) electrons. The quantitative estimate of drug-likeness (QED) is 0.593. The Morgan fingerprint density at radius 2 is 1.35 bits per heavy atom. The van der Waals surface area contributed by atoms with E-state index in [2.05, 4.69) is 0 Å². The van der Waals surface area contributed by atoms with Crippen molar-refractivity contribution in [3.8, 4) is 0 Å². The second-order valence-corrected chi connectivity index (χ2v) is 6.07. The summed E-state index contributed by atoms with van der Waals surface area (Å²) in [5.41, 5.74) is -1.23. The van der Waals surface area contributed by atoms with Crippen LogP contribution in [0.3, 0.4) is 0 Å². The van der Waals surface area contributed by atoms with Gasteiger partial charge in [-0.05, 0) is 38.1 Å². The third kappa shape index (κ3) is 2.58. The van der Waals surface area contributed by atoms with Crippen molar-refractivity contribution < 1.29 is 22.1 Å². The van der Waals surface area contributed by atoms with E-state index in [-0.39, 0.29) is 17.9 Å². The Balaban J connectivity index is 2.14. The van der Waals surface area contributed by atoms with Gasteiger partial charge in [0.2, 0.25) is 6.34 Å². The third-order valence-corrected chi connectivity index (χ3v) is 3.87. The maximum absolute atomic E-state index is 14.1. The molecular weight excluding hydrogens is 308 g/mol. The number of anilines is 1. The Kier molecular flexibility index (Phi) is 3.62. The number of hydrogen-bond donors (Lipinski definition) is 0. The van der Waals surface area contributed by atoms with Crippen LogP contribution in [0.2, 0.25) is 0 Å². The molecule has 0 bridgehead atoms. The highest BCUT2D eigenvalue weighted by atomic mass is 19.1. The first-order chi connectivity index (χ1) is 10.8. The fourth-order valence-electron chi connectivity index (χ4n) is 2.81. The smallest absolute Gasteiger partial charge is 0.224 e. The van der Waals surface area contributed by atoms with Gasteiger partial charge in [-0.2, -0.15) is 0 Å². The lowest BCUT2D eigenvalue weighted by atomic mass is 10.0. The molecule has 120 valence electrons. The number of rotatable bonds is 2. The van der Waals surface area contributed by atoms with Gasteiger partial charge in [-0.25, -0.2) is 27.0 Å². The molecule has 23 heavy (non-hydrogen) atoms. The highest BCUT2D eigenvalue weighted by Gasteiger charge is 2.43. The summed E-state index contributed by atoms with van der Waals surface area (Å²) in [6.07, 6.45) is 1.34. The van der Waals surface area contributed by atoms with Crippen molar-refractivity contribution in [1.29, 1.82) is 0 Å². The van der Waals surface area contributed by atoms with Crippen molar-refractivity contribution >= 4 is 17.7 Å². The third-order valence-electron chi connectivity index (χ3n) is 3.87. The van der Waals surface area contributed by atoms with Gasteiger partial charge >= 0.3 is 0 Å². The van der Waals surface area contributed by atoms with Crippen molar-refractivity contribution in [2.75, 3.05) is 11.4 Å². The van der Waals surface area contributed by atoms with Gasteiger partial charge < -0.3 is 0 Å². The number of para-hydroxylation sites is 2. The first-order valence-electron chi connectivity index (χ1n) is 7.10. The lowest BCUT2D eigenvalue weighted by Crippen LogP contribution is -2.35. The summed E-state index contributed by atoms with van der Waals surface area (Å²) in [6, 6.07) is 7.12. The molecule has 0 spiro atoms. The van der Waals surface area contributed by atoms with Crippen LogP contribution in [-0.2, 0) is 0 Å². The van der Waals surface area contributed by atoms with E-state index in [1.807, 2.05) is 0 Å². The van der Waals surface area contributed by atoms with E-state index in [1.165, 1.54) is 27.9 Å². The molecule has 1 heterocycles. The Bertz CT molecular complexity index is 759. The second-order valence-electron chi connectivity index (χ2n) is 6.07. The molecule has 0 saturated heterocycles. The van der Waals surface area contributed by atoms with Crippen molar-refractivity contribution in [2.45, 2.75) is 19.4 Å². The summed E-state index contributed by atoms with van der Waals surface area (Å²) < 4.78 is 57.4. The van der Waals surface area contributed by atoms with Gasteiger partial charge in [-0.15, -0.1) is 0 Å². The molecule has 2 nitrogen and oxygen atoms in total. The van der Waals surface area contributed by atoms with Gasteiger partial charge in [0, 0.05) is 0 Å². The van der Waals surface area contributed by atoms with Crippen molar-refractivity contribution in [3.05, 3.63) is 59.7 Å². The molecule has 0 N–H and O–H groups in total. The highest BCUT2D eigenvalue weighted by Crippen LogP contribution is 2.34. The summed E-state index contributed by atoms with van der Waals surface area (Å²) in [7, 11) is 0. The van der Waals surface area contributed by atoms with Crippen LogP contribution in [0.1, 0.15) is 13.8 Å². The van der Waals surface area contributed by atoms with Crippen LogP contribution in [0.5, 0.6) is 0 Å². The molecule has 0 unspecified atom stereocenters. The summed E-state index contributed by atoms with van der Waals surface area (Å²) in [5.74, 6) is -2.92. The lowest BCUT2D eigenvalue weighted by molar-refractivity contribution is -0.511. The lowest BCUT2D eigenvalue weighted by Gasteiger charge is -2.19. The standard InChI is InChI=1S/C17H15F4N2/c1-17(2)9-22(15-11(18)5-3-6-12(15)19)10-23(17)16-13(20)7-4-8-14(16)21/h3-8,10H,9H2,1-2H3/q+1. The van der Waals surface area contributed by atoms with E-state index in [4.69, 9.17) is 0 Å². The number of hydrogen-bond acceptors (Lipinski definition) is 1. The minimum absolute atomic E-state index is 0.179. The Labute approximate surface area is 131 Å². The average molecular weight is 323 g/mol. The van der Waals surface area contributed by atoms with Gasteiger partial charge in [0.05, 0.1) is 0 Å². The molecule has 0 fully saturated rings. The predicted octanol–water partition coefficient (Wildman–Crippen LogP) is 4.21. The van der Waals surface area contributed by atoms with Crippen LogP contribution in [0, 0.1) is 23.3 Å². The zero-order valence-corrected chi connectivity index (χ0v) is 12.7.